The molecular formula is C18H33NO4Si. The molecule has 1 rings (SSSR count). The predicted octanol–water partition coefficient (Wildman–Crippen LogP) is 2.42. The lowest BCUT2D eigenvalue weighted by atomic mass is 10.4. The van der Waals surface area contributed by atoms with Crippen LogP contribution in [0.2, 0.25) is 13.1 Å². The second-order valence-electron chi connectivity index (χ2n) is 6.25. The van der Waals surface area contributed by atoms with Crippen LogP contribution in [0.1, 0.15) is 12.8 Å². The average molecular weight is 356 g/mol. The molecule has 0 saturated carbocycles. The van der Waals surface area contributed by atoms with E-state index in [4.69, 9.17) is 18.9 Å². The zero-order valence-electron chi connectivity index (χ0n) is 15.6. The fraction of sp³-hybridized carbons (Fsp3) is 0.667. The maximum Gasteiger partial charge on any atom is 0.154 e. The monoisotopic (exact) mass is 355 g/mol. The Morgan fingerprint density at radius 2 is 1.33 bits per heavy atom. The van der Waals surface area contributed by atoms with E-state index in [-0.39, 0.29) is 0 Å². The van der Waals surface area contributed by atoms with E-state index in [1.165, 1.54) is 5.19 Å². The Kier molecular flexibility index (Phi) is 11.2. The van der Waals surface area contributed by atoms with Crippen molar-refractivity contribution in [2.24, 2.45) is 0 Å². The van der Waals surface area contributed by atoms with Crippen molar-refractivity contribution in [3.8, 4) is 0 Å². The van der Waals surface area contributed by atoms with Gasteiger partial charge in [-0.25, -0.2) is 0 Å². The largest absolute Gasteiger partial charge is 0.359 e. The van der Waals surface area contributed by atoms with Crippen molar-refractivity contribution in [1.82, 2.24) is 4.57 Å². The lowest BCUT2D eigenvalue weighted by molar-refractivity contribution is -0.0340. The SMILES string of the molecule is COCOCCCN(CCCOCOC)[Si](C)(C)c1ccccc1. The van der Waals surface area contributed by atoms with Gasteiger partial charge in [-0.05, 0) is 31.1 Å². The maximum absolute atomic E-state index is 5.43. The fourth-order valence-corrected chi connectivity index (χ4v) is 5.51. The van der Waals surface area contributed by atoms with Gasteiger partial charge in [-0.1, -0.05) is 43.4 Å². The molecule has 1 aromatic rings. The number of nitrogens with zero attached hydrogens (tertiary/aromatic N) is 1. The van der Waals surface area contributed by atoms with Crippen LogP contribution in [0.3, 0.4) is 0 Å². The van der Waals surface area contributed by atoms with Gasteiger partial charge in [-0.2, -0.15) is 0 Å². The summed E-state index contributed by atoms with van der Waals surface area (Å²) in [4.78, 5) is 0. The number of rotatable bonds is 14. The molecule has 0 amide bonds. The minimum atomic E-state index is -1.69. The second kappa shape index (κ2) is 12.6. The van der Waals surface area contributed by atoms with Gasteiger partial charge in [-0.3, -0.25) is 0 Å². The molecule has 0 aliphatic heterocycles. The zero-order valence-corrected chi connectivity index (χ0v) is 16.6. The Morgan fingerprint density at radius 1 is 0.833 bits per heavy atom. The van der Waals surface area contributed by atoms with E-state index in [2.05, 4.69) is 48.0 Å². The van der Waals surface area contributed by atoms with E-state index in [0.29, 0.717) is 13.6 Å². The molecule has 0 aromatic heterocycles. The molecule has 0 N–H and O–H groups in total. The van der Waals surface area contributed by atoms with Gasteiger partial charge >= 0.3 is 0 Å². The summed E-state index contributed by atoms with van der Waals surface area (Å²) in [5, 5.41) is 1.46. The topological polar surface area (TPSA) is 40.2 Å². The summed E-state index contributed by atoms with van der Waals surface area (Å²) < 4.78 is 23.4. The van der Waals surface area contributed by atoms with Crippen LogP contribution in [-0.4, -0.2) is 66.9 Å². The van der Waals surface area contributed by atoms with Crippen LogP contribution in [0, 0.1) is 0 Å². The molecule has 6 heteroatoms. The molecule has 138 valence electrons. The molecule has 0 aliphatic rings. The van der Waals surface area contributed by atoms with Gasteiger partial charge in [0.2, 0.25) is 0 Å². The highest BCUT2D eigenvalue weighted by Crippen LogP contribution is 2.12. The molecule has 0 fully saturated rings. The van der Waals surface area contributed by atoms with E-state index in [9.17, 15) is 0 Å². The second-order valence-corrected chi connectivity index (χ2v) is 10.6. The Labute approximate surface area is 147 Å². The Balaban J connectivity index is 2.58. The molecular weight excluding hydrogens is 322 g/mol. The third-order valence-corrected chi connectivity index (χ3v) is 7.88. The number of hydrogen-bond donors (Lipinski definition) is 0. The van der Waals surface area contributed by atoms with Crippen LogP contribution in [-0.2, 0) is 18.9 Å². The summed E-state index contributed by atoms with van der Waals surface area (Å²) in [6.07, 6.45) is 2.01. The number of hydrogen-bond acceptors (Lipinski definition) is 5. The van der Waals surface area contributed by atoms with Crippen LogP contribution in [0.5, 0.6) is 0 Å². The number of methoxy groups -OCH3 is 2. The third kappa shape index (κ3) is 7.87. The number of ether oxygens (including phenoxy) is 4. The molecule has 5 nitrogen and oxygen atoms in total. The highest BCUT2D eigenvalue weighted by molar-refractivity contribution is 6.87. The molecule has 0 atom stereocenters. The van der Waals surface area contributed by atoms with Gasteiger partial charge in [0, 0.05) is 14.2 Å². The van der Waals surface area contributed by atoms with Crippen molar-refractivity contribution in [1.29, 1.82) is 0 Å². The molecule has 0 bridgehead atoms. The molecule has 0 saturated heterocycles. The van der Waals surface area contributed by atoms with Gasteiger partial charge < -0.3 is 23.5 Å². The van der Waals surface area contributed by atoms with Gasteiger partial charge in [0.05, 0.1) is 13.2 Å². The quantitative estimate of drug-likeness (QED) is 0.291. The lowest BCUT2D eigenvalue weighted by Gasteiger charge is -2.37. The van der Waals surface area contributed by atoms with E-state index >= 15 is 0 Å². The normalized spacial score (nSPS) is 12.0. The third-order valence-electron chi connectivity index (χ3n) is 4.11. The molecule has 0 radical (unpaired) electrons. The zero-order chi connectivity index (χ0) is 17.7. The highest BCUT2D eigenvalue weighted by Gasteiger charge is 2.30. The highest BCUT2D eigenvalue weighted by atomic mass is 28.3. The summed E-state index contributed by atoms with van der Waals surface area (Å²) in [6.45, 7) is 9.06. The van der Waals surface area contributed by atoms with Crippen molar-refractivity contribution in [3.63, 3.8) is 0 Å². The van der Waals surface area contributed by atoms with E-state index in [0.717, 1.165) is 39.1 Å². The van der Waals surface area contributed by atoms with Crippen LogP contribution >= 0.6 is 0 Å². The molecule has 0 unspecified atom stereocenters. The fourth-order valence-electron chi connectivity index (χ4n) is 2.70. The van der Waals surface area contributed by atoms with E-state index < -0.39 is 8.24 Å². The summed E-state index contributed by atoms with van der Waals surface area (Å²) in [6, 6.07) is 10.8. The molecule has 24 heavy (non-hydrogen) atoms. The van der Waals surface area contributed by atoms with Crippen molar-refractivity contribution in [2.45, 2.75) is 25.9 Å². The first kappa shape index (κ1) is 21.3. The molecule has 0 spiro atoms. The van der Waals surface area contributed by atoms with Crippen LogP contribution in [0.15, 0.2) is 30.3 Å². The standard InChI is InChI=1S/C18H33NO4Si/c1-20-16-22-14-8-12-19(13-9-15-23-17-21-2)24(3,4)18-10-6-5-7-11-18/h5-7,10-11H,8-9,12-17H2,1-4H3. The first-order valence-electron chi connectivity index (χ1n) is 8.57. The van der Waals surface area contributed by atoms with E-state index in [1.54, 1.807) is 14.2 Å². The summed E-state index contributed by atoms with van der Waals surface area (Å²) in [5.74, 6) is 0. The van der Waals surface area contributed by atoms with Crippen molar-refractivity contribution >= 4 is 13.4 Å². The van der Waals surface area contributed by atoms with E-state index in [1.807, 2.05) is 0 Å². The smallest absolute Gasteiger partial charge is 0.154 e. The predicted molar refractivity (Wildman–Crippen MR) is 100 cm³/mol. The minimum Gasteiger partial charge on any atom is -0.359 e. The maximum atomic E-state index is 5.43. The van der Waals surface area contributed by atoms with Crippen molar-refractivity contribution in [3.05, 3.63) is 30.3 Å². The molecule has 0 heterocycles. The van der Waals surface area contributed by atoms with Gasteiger partial charge in [0.1, 0.15) is 13.6 Å². The first-order valence-corrected chi connectivity index (χ1v) is 11.5. The van der Waals surface area contributed by atoms with Gasteiger partial charge in [-0.15, -0.1) is 0 Å². The molecule has 0 aliphatic carbocycles. The van der Waals surface area contributed by atoms with Gasteiger partial charge in [0.25, 0.3) is 0 Å². The first-order chi connectivity index (χ1) is 11.6. The Hall–Kier alpha value is -0.763. The van der Waals surface area contributed by atoms with Crippen molar-refractivity contribution in [2.75, 3.05) is 54.1 Å². The minimum absolute atomic E-state index is 0.365. The Morgan fingerprint density at radius 3 is 1.79 bits per heavy atom. The van der Waals surface area contributed by atoms with Gasteiger partial charge in [0.15, 0.2) is 8.24 Å². The average Bonchev–Trinajstić information content (AvgIpc) is 2.60. The number of benzene rings is 1. The van der Waals surface area contributed by atoms with Crippen molar-refractivity contribution < 1.29 is 18.9 Å². The summed E-state index contributed by atoms with van der Waals surface area (Å²) >= 11 is 0. The lowest BCUT2D eigenvalue weighted by Crippen LogP contribution is -2.58. The summed E-state index contributed by atoms with van der Waals surface area (Å²) in [5.41, 5.74) is 0. The molecule has 1 aromatic carbocycles. The summed E-state index contributed by atoms with van der Waals surface area (Å²) in [7, 11) is 1.61. The van der Waals surface area contributed by atoms with Crippen LogP contribution < -0.4 is 5.19 Å². The van der Waals surface area contributed by atoms with Crippen LogP contribution in [0.4, 0.5) is 0 Å². The Bertz CT molecular complexity index is 403. The van der Waals surface area contributed by atoms with Crippen LogP contribution in [0.25, 0.3) is 0 Å².